The normalized spacial score (nSPS) is 12.6. The second kappa shape index (κ2) is 10.9. The molecule has 0 aliphatic heterocycles. The summed E-state index contributed by atoms with van der Waals surface area (Å²) in [6.07, 6.45) is -3.16. The second-order valence-corrected chi connectivity index (χ2v) is 14.3. The van der Waals surface area contributed by atoms with Gasteiger partial charge in [-0.15, -0.1) is 0 Å². The summed E-state index contributed by atoms with van der Waals surface area (Å²) in [5, 5.41) is 11.6. The molecule has 0 saturated carbocycles. The highest BCUT2D eigenvalue weighted by atomic mass is 19.4. The van der Waals surface area contributed by atoms with E-state index in [2.05, 4.69) is 135 Å². The Morgan fingerprint density at radius 1 is 0.440 bits per heavy atom. The van der Waals surface area contributed by atoms with Gasteiger partial charge in [0.15, 0.2) is 0 Å². The first kappa shape index (κ1) is 30.3. The number of rotatable bonds is 3. The first-order valence-electron chi connectivity index (χ1n) is 16.9. The molecule has 1 nitrogen and oxygen atoms in total. The van der Waals surface area contributed by atoms with Crippen LogP contribution in [0, 0.1) is 0 Å². The second-order valence-electron chi connectivity index (χ2n) is 14.3. The van der Waals surface area contributed by atoms with Crippen LogP contribution >= 0.6 is 0 Å². The van der Waals surface area contributed by atoms with Gasteiger partial charge in [-0.25, -0.2) is 0 Å². The van der Waals surface area contributed by atoms with E-state index in [9.17, 15) is 13.2 Å². The Hall–Kier alpha value is -5.74. The monoisotopic (exact) mass is 655 g/mol. The van der Waals surface area contributed by atoms with Gasteiger partial charge in [-0.1, -0.05) is 124 Å². The molecule has 50 heavy (non-hydrogen) atoms. The number of hydrogen-bond acceptors (Lipinski definition) is 1. The molecule has 8 aromatic carbocycles. The minimum atomic E-state index is -4.47. The number of nitrogens with zero attached hydrogens (tertiary/aromatic N) is 1. The van der Waals surface area contributed by atoms with Crippen LogP contribution in [-0.4, -0.2) is 4.98 Å². The molecule has 4 heteroatoms. The number of halogens is 3. The van der Waals surface area contributed by atoms with Crippen molar-refractivity contribution in [3.63, 3.8) is 0 Å². The molecule has 0 amide bonds. The third kappa shape index (κ3) is 4.81. The van der Waals surface area contributed by atoms with Crippen molar-refractivity contribution in [3.05, 3.63) is 151 Å². The fourth-order valence-corrected chi connectivity index (χ4v) is 7.77. The zero-order valence-electron chi connectivity index (χ0n) is 27.9. The first-order valence-corrected chi connectivity index (χ1v) is 16.9. The maximum absolute atomic E-state index is 13.2. The van der Waals surface area contributed by atoms with Crippen LogP contribution in [0.1, 0.15) is 32.0 Å². The minimum Gasteiger partial charge on any atom is -0.251 e. The van der Waals surface area contributed by atoms with Crippen molar-refractivity contribution < 1.29 is 13.2 Å². The third-order valence-corrected chi connectivity index (χ3v) is 10.2. The van der Waals surface area contributed by atoms with Crippen molar-refractivity contribution in [1.29, 1.82) is 0 Å². The quantitative estimate of drug-likeness (QED) is 0.136. The predicted octanol–water partition coefficient (Wildman–Crippen LogP) is 13.6. The van der Waals surface area contributed by atoms with E-state index in [1.807, 2.05) is 12.1 Å². The SMILES string of the molecule is CC(C)(C)c1ccc(-c2c3ccccc3c(-c3cc4ccc5cc(-c6ccc(C(F)(F)F)nc6)cc6ccc(c3)c4c56)c3ccccc23)cc1. The van der Waals surface area contributed by atoms with Gasteiger partial charge in [-0.05, 0) is 123 Å². The number of aromatic nitrogens is 1. The van der Waals surface area contributed by atoms with Crippen LogP contribution in [0.25, 0.3) is 87.2 Å². The molecule has 0 aliphatic rings. The molecule has 0 fully saturated rings. The highest BCUT2D eigenvalue weighted by Crippen LogP contribution is 2.46. The molecule has 0 spiro atoms. The summed E-state index contributed by atoms with van der Waals surface area (Å²) in [5.41, 5.74) is 6.82. The number of hydrogen-bond donors (Lipinski definition) is 0. The van der Waals surface area contributed by atoms with Crippen molar-refractivity contribution in [2.24, 2.45) is 0 Å². The molecular weight excluding hydrogens is 624 g/mol. The Labute approximate surface area is 288 Å². The lowest BCUT2D eigenvalue weighted by Gasteiger charge is -2.21. The van der Waals surface area contributed by atoms with Gasteiger partial charge < -0.3 is 0 Å². The summed E-state index contributed by atoms with van der Waals surface area (Å²) in [5.74, 6) is 0. The van der Waals surface area contributed by atoms with Gasteiger partial charge in [0.05, 0.1) is 0 Å². The molecule has 242 valence electrons. The number of pyridine rings is 1. The van der Waals surface area contributed by atoms with E-state index in [0.717, 1.165) is 44.1 Å². The number of fused-ring (bicyclic) bond motifs is 2. The van der Waals surface area contributed by atoms with Crippen LogP contribution in [-0.2, 0) is 11.6 Å². The smallest absolute Gasteiger partial charge is 0.251 e. The highest BCUT2D eigenvalue weighted by molar-refractivity contribution is 6.26. The molecule has 0 saturated heterocycles. The summed E-state index contributed by atoms with van der Waals surface area (Å²) in [6, 6.07) is 46.4. The molecule has 0 radical (unpaired) electrons. The predicted molar refractivity (Wildman–Crippen MR) is 203 cm³/mol. The average molecular weight is 656 g/mol. The van der Waals surface area contributed by atoms with Gasteiger partial charge in [0.1, 0.15) is 5.69 Å². The fraction of sp³-hybridized carbons (Fsp3) is 0.109. The van der Waals surface area contributed by atoms with E-state index < -0.39 is 11.9 Å². The average Bonchev–Trinajstić information content (AvgIpc) is 3.12. The van der Waals surface area contributed by atoms with Gasteiger partial charge >= 0.3 is 6.18 Å². The standard InChI is InChI=1S/C46H32F3N/c1-45(2,3)35-19-16-27(17-20-35)43-36-8-4-6-10-38(36)44(39-11-7-5-9-37(39)43)34-24-30-14-12-28-22-33(32-18-21-40(50-26-32)46(47,48)49)23-29-13-15-31(25-34)42(30)41(28)29/h4-26H,1-3H3. The van der Waals surface area contributed by atoms with Crippen molar-refractivity contribution in [2.45, 2.75) is 32.4 Å². The van der Waals surface area contributed by atoms with Crippen molar-refractivity contribution >= 4 is 53.9 Å². The summed E-state index contributed by atoms with van der Waals surface area (Å²) in [6.45, 7) is 6.74. The van der Waals surface area contributed by atoms with Gasteiger partial charge in [-0.3, -0.25) is 4.98 Å². The molecule has 9 rings (SSSR count). The lowest BCUT2D eigenvalue weighted by atomic mass is 9.83. The number of benzene rings is 8. The molecule has 1 heterocycles. The summed E-state index contributed by atoms with van der Waals surface area (Å²) in [4.78, 5) is 3.70. The van der Waals surface area contributed by atoms with Gasteiger partial charge in [0, 0.05) is 11.8 Å². The van der Waals surface area contributed by atoms with Gasteiger partial charge in [0.25, 0.3) is 0 Å². The summed E-state index contributed by atoms with van der Waals surface area (Å²) in [7, 11) is 0. The lowest BCUT2D eigenvalue weighted by molar-refractivity contribution is -0.141. The number of alkyl halides is 3. The Balaban J connectivity index is 1.23. The largest absolute Gasteiger partial charge is 0.433 e. The van der Waals surface area contributed by atoms with E-state index in [4.69, 9.17) is 0 Å². The van der Waals surface area contributed by atoms with Gasteiger partial charge in [-0.2, -0.15) is 13.2 Å². The van der Waals surface area contributed by atoms with E-state index in [1.54, 1.807) is 0 Å². The van der Waals surface area contributed by atoms with E-state index in [1.165, 1.54) is 61.4 Å². The van der Waals surface area contributed by atoms with Crippen LogP contribution in [0.4, 0.5) is 13.2 Å². The Morgan fingerprint density at radius 3 is 1.26 bits per heavy atom. The molecule has 9 aromatic rings. The first-order chi connectivity index (χ1) is 24.0. The maximum Gasteiger partial charge on any atom is 0.433 e. The van der Waals surface area contributed by atoms with Crippen molar-refractivity contribution in [1.82, 2.24) is 4.98 Å². The molecule has 0 N–H and O–H groups in total. The Kier molecular flexibility index (Phi) is 6.60. The zero-order valence-corrected chi connectivity index (χ0v) is 27.9. The fourth-order valence-electron chi connectivity index (χ4n) is 7.77. The minimum absolute atomic E-state index is 0.0786. The molecule has 1 aromatic heterocycles. The molecular formula is C46H32F3N. The van der Waals surface area contributed by atoms with Crippen LogP contribution in [0.5, 0.6) is 0 Å². The van der Waals surface area contributed by atoms with E-state index in [0.29, 0.717) is 5.56 Å². The lowest BCUT2D eigenvalue weighted by Crippen LogP contribution is -2.10. The van der Waals surface area contributed by atoms with E-state index >= 15 is 0 Å². The molecule has 0 bridgehead atoms. The van der Waals surface area contributed by atoms with E-state index in [-0.39, 0.29) is 5.41 Å². The van der Waals surface area contributed by atoms with Crippen LogP contribution in [0.3, 0.4) is 0 Å². The Morgan fingerprint density at radius 2 is 0.860 bits per heavy atom. The summed E-state index contributed by atoms with van der Waals surface area (Å²) < 4.78 is 39.5. The van der Waals surface area contributed by atoms with Crippen LogP contribution in [0.15, 0.2) is 140 Å². The van der Waals surface area contributed by atoms with Crippen LogP contribution in [0.2, 0.25) is 0 Å². The third-order valence-electron chi connectivity index (χ3n) is 10.2. The molecule has 0 aliphatic carbocycles. The molecule has 0 unspecified atom stereocenters. The maximum atomic E-state index is 13.2. The van der Waals surface area contributed by atoms with Crippen molar-refractivity contribution in [2.75, 3.05) is 0 Å². The zero-order chi connectivity index (χ0) is 34.4. The van der Waals surface area contributed by atoms with Gasteiger partial charge in [0.2, 0.25) is 0 Å². The summed E-state index contributed by atoms with van der Waals surface area (Å²) >= 11 is 0. The van der Waals surface area contributed by atoms with Crippen LogP contribution < -0.4 is 0 Å². The topological polar surface area (TPSA) is 12.9 Å². The molecule has 0 atom stereocenters. The van der Waals surface area contributed by atoms with Crippen molar-refractivity contribution in [3.8, 4) is 33.4 Å². The highest BCUT2D eigenvalue weighted by Gasteiger charge is 2.32. The Bertz CT molecular complexity index is 2630.